The second kappa shape index (κ2) is 13.9. The Hall–Kier alpha value is -2.35. The number of allylic oxidation sites excluding steroid dienone is 1. The zero-order valence-electron chi connectivity index (χ0n) is 18.2. The van der Waals surface area contributed by atoms with E-state index in [0.29, 0.717) is 22.5 Å². The van der Waals surface area contributed by atoms with E-state index >= 15 is 0 Å². The van der Waals surface area contributed by atoms with Gasteiger partial charge in [0.15, 0.2) is 0 Å². The fourth-order valence-electron chi connectivity index (χ4n) is 2.14. The molecule has 0 amide bonds. The molecule has 1 aromatic carbocycles. The van der Waals surface area contributed by atoms with E-state index in [1.165, 1.54) is 12.6 Å². The zero-order chi connectivity index (χ0) is 24.2. The minimum absolute atomic E-state index is 0.128. The number of aromatic nitrogens is 1. The van der Waals surface area contributed by atoms with E-state index in [4.69, 9.17) is 11.6 Å². The summed E-state index contributed by atoms with van der Waals surface area (Å²) >= 11 is 5.79. The van der Waals surface area contributed by atoms with E-state index in [9.17, 15) is 22.0 Å². The van der Waals surface area contributed by atoms with Crippen LogP contribution in [-0.2, 0) is 0 Å². The molecule has 0 radical (unpaired) electrons. The maximum Gasteiger partial charge on any atom is 0.461 e. The summed E-state index contributed by atoms with van der Waals surface area (Å²) in [5.74, 6) is -1.68. The minimum Gasteiger partial charge on any atom is -0.428 e. The molecule has 0 aliphatic carbocycles. The second-order valence-corrected chi connectivity index (χ2v) is 6.59. The van der Waals surface area contributed by atoms with Crippen molar-refractivity contribution < 1.29 is 26.7 Å². The first kappa shape index (κ1) is 28.6. The number of hydrogen-bond donors (Lipinski definition) is 1. The van der Waals surface area contributed by atoms with E-state index in [2.05, 4.69) is 35.5 Å². The molecule has 0 unspecified atom stereocenters. The van der Waals surface area contributed by atoms with E-state index in [0.717, 1.165) is 12.1 Å². The normalized spacial score (nSPS) is 11.5. The maximum atomic E-state index is 13.9. The Labute approximate surface area is 185 Å². The molecule has 31 heavy (non-hydrogen) atoms. The van der Waals surface area contributed by atoms with Gasteiger partial charge in [-0.15, -0.1) is 0 Å². The molecule has 0 saturated heterocycles. The number of pyridine rings is 1. The third-order valence-electron chi connectivity index (χ3n) is 3.17. The van der Waals surface area contributed by atoms with Crippen LogP contribution in [0.15, 0.2) is 48.8 Å². The molecule has 3 nitrogen and oxygen atoms in total. The Bertz CT molecular complexity index is 801. The molecular weight excluding hydrogens is 439 g/mol. The van der Waals surface area contributed by atoms with Crippen LogP contribution in [0.2, 0.25) is 5.02 Å². The summed E-state index contributed by atoms with van der Waals surface area (Å²) in [5, 5.41) is 3.28. The van der Waals surface area contributed by atoms with Crippen molar-refractivity contribution in [1.29, 1.82) is 0 Å². The van der Waals surface area contributed by atoms with Crippen molar-refractivity contribution in [2.75, 3.05) is 0 Å². The molecule has 1 atom stereocenters. The van der Waals surface area contributed by atoms with Gasteiger partial charge in [0, 0.05) is 18.0 Å². The number of hydrogen-bond acceptors (Lipinski definition) is 3. The Morgan fingerprint density at radius 2 is 1.77 bits per heavy atom. The fourth-order valence-corrected chi connectivity index (χ4v) is 2.26. The van der Waals surface area contributed by atoms with Crippen LogP contribution >= 0.6 is 11.6 Å². The van der Waals surface area contributed by atoms with Crippen LogP contribution in [0.3, 0.4) is 0 Å². The highest BCUT2D eigenvalue weighted by molar-refractivity contribution is 6.30. The number of nitrogens with zero attached hydrogens (tertiary/aromatic N) is 1. The number of rotatable bonds is 7. The highest BCUT2D eigenvalue weighted by Crippen LogP contribution is 2.31. The number of halogens is 6. The molecule has 1 aromatic heterocycles. The lowest BCUT2D eigenvalue weighted by molar-refractivity contribution is -0.253. The smallest absolute Gasteiger partial charge is 0.428 e. The molecule has 2 rings (SSSR count). The van der Waals surface area contributed by atoms with Crippen molar-refractivity contribution in [2.45, 2.75) is 59.6 Å². The van der Waals surface area contributed by atoms with Crippen molar-refractivity contribution in [3.8, 4) is 5.75 Å². The van der Waals surface area contributed by atoms with Crippen LogP contribution < -0.4 is 10.1 Å². The number of alkyl halides is 4. The quantitative estimate of drug-likeness (QED) is 0.423. The average Bonchev–Trinajstić information content (AvgIpc) is 2.68. The summed E-state index contributed by atoms with van der Waals surface area (Å²) in [7, 11) is 0. The Morgan fingerprint density at radius 3 is 2.23 bits per heavy atom. The van der Waals surface area contributed by atoms with Crippen LogP contribution in [0.25, 0.3) is 0 Å². The van der Waals surface area contributed by atoms with E-state index in [1.54, 1.807) is 19.1 Å². The highest BCUT2D eigenvalue weighted by Gasteiger charge is 2.44. The van der Waals surface area contributed by atoms with Gasteiger partial charge in [-0.1, -0.05) is 52.3 Å². The number of nitrogens with one attached hydrogen (secondary N) is 1. The lowest BCUT2D eigenvalue weighted by Gasteiger charge is -2.22. The van der Waals surface area contributed by atoms with Gasteiger partial charge in [-0.25, -0.2) is 4.39 Å². The summed E-state index contributed by atoms with van der Waals surface area (Å²) in [6, 6.07) is 4.96. The van der Waals surface area contributed by atoms with Gasteiger partial charge in [-0.2, -0.15) is 17.6 Å². The third kappa shape index (κ3) is 10.0. The Balaban J connectivity index is 0.00000165. The molecule has 1 heterocycles. The topological polar surface area (TPSA) is 34.1 Å². The predicted molar refractivity (Wildman–Crippen MR) is 114 cm³/mol. The van der Waals surface area contributed by atoms with E-state index in [-0.39, 0.29) is 5.56 Å². The lowest BCUT2D eigenvalue weighted by Crippen LogP contribution is -2.33. The lowest BCUT2D eigenvalue weighted by atomic mass is 10.0. The van der Waals surface area contributed by atoms with Gasteiger partial charge < -0.3 is 10.1 Å². The standard InChI is InChI=1S/C17H14ClF5N2O.C3H8.C2H6/c1-9(2)25-15(14-4-3-11(18)8-24-14)10-5-12(19)7-13(6-10)26-17(22,23)16(20)21;1-3-2;1-2/h3-8,15-16,25H,1H2,2H3;3H2,1-2H3;1-2H3/t15-;;/m0../s1. The molecule has 0 aliphatic rings. The van der Waals surface area contributed by atoms with Crippen molar-refractivity contribution in [3.63, 3.8) is 0 Å². The fraction of sp³-hybridized carbons (Fsp3) is 0.409. The van der Waals surface area contributed by atoms with Gasteiger partial charge in [0.25, 0.3) is 0 Å². The van der Waals surface area contributed by atoms with E-state index in [1.807, 2.05) is 13.8 Å². The van der Waals surface area contributed by atoms with Gasteiger partial charge >= 0.3 is 12.5 Å². The molecule has 2 aromatic rings. The van der Waals surface area contributed by atoms with E-state index < -0.39 is 30.1 Å². The van der Waals surface area contributed by atoms with Crippen LogP contribution in [0.5, 0.6) is 5.75 Å². The highest BCUT2D eigenvalue weighted by atomic mass is 35.5. The third-order valence-corrected chi connectivity index (χ3v) is 3.40. The molecule has 0 saturated carbocycles. The van der Waals surface area contributed by atoms with Gasteiger partial charge in [0.05, 0.1) is 16.8 Å². The van der Waals surface area contributed by atoms with Crippen LogP contribution in [0.4, 0.5) is 22.0 Å². The SMILES string of the molecule is C=C(C)N[C@@H](c1cc(F)cc(OC(F)(F)C(F)F)c1)c1ccc(Cl)cn1.CC.CCC. The summed E-state index contributed by atoms with van der Waals surface area (Å²) in [5.41, 5.74) is 0.994. The molecule has 1 N–H and O–H groups in total. The van der Waals surface area contributed by atoms with Crippen molar-refractivity contribution in [2.24, 2.45) is 0 Å². The Kier molecular flexibility index (Phi) is 12.8. The summed E-state index contributed by atoms with van der Waals surface area (Å²) in [6.45, 7) is 13.6. The van der Waals surface area contributed by atoms with Crippen molar-refractivity contribution in [1.82, 2.24) is 10.3 Å². The molecular formula is C22H28ClF5N2O. The average molecular weight is 467 g/mol. The van der Waals surface area contributed by atoms with Crippen LogP contribution in [-0.4, -0.2) is 17.5 Å². The van der Waals surface area contributed by atoms with Crippen molar-refractivity contribution in [3.05, 3.63) is 70.9 Å². The first-order valence-electron chi connectivity index (χ1n) is 9.69. The van der Waals surface area contributed by atoms with Crippen LogP contribution in [0.1, 0.15) is 58.3 Å². The van der Waals surface area contributed by atoms with Crippen LogP contribution in [0, 0.1) is 5.82 Å². The molecule has 0 bridgehead atoms. The summed E-state index contributed by atoms with van der Waals surface area (Å²) in [6.07, 6.45) is -6.21. The van der Waals surface area contributed by atoms with Gasteiger partial charge in [-0.3, -0.25) is 4.98 Å². The monoisotopic (exact) mass is 466 g/mol. The molecule has 0 fully saturated rings. The molecule has 174 valence electrons. The van der Waals surface area contributed by atoms with Gasteiger partial charge in [0.2, 0.25) is 0 Å². The summed E-state index contributed by atoms with van der Waals surface area (Å²) in [4.78, 5) is 4.10. The van der Waals surface area contributed by atoms with Gasteiger partial charge in [0.1, 0.15) is 11.6 Å². The number of ether oxygens (including phenoxy) is 1. The maximum absolute atomic E-state index is 13.9. The first-order chi connectivity index (χ1) is 14.5. The number of benzene rings is 1. The van der Waals surface area contributed by atoms with Crippen molar-refractivity contribution >= 4 is 11.6 Å². The van der Waals surface area contributed by atoms with Gasteiger partial charge in [-0.05, 0) is 36.8 Å². The zero-order valence-corrected chi connectivity index (χ0v) is 18.9. The first-order valence-corrected chi connectivity index (χ1v) is 10.1. The largest absolute Gasteiger partial charge is 0.461 e. The Morgan fingerprint density at radius 1 is 1.19 bits per heavy atom. The minimum atomic E-state index is -4.75. The summed E-state index contributed by atoms with van der Waals surface area (Å²) < 4.78 is 68.7. The predicted octanol–water partition coefficient (Wildman–Crippen LogP) is 7.77. The molecule has 0 spiro atoms. The second-order valence-electron chi connectivity index (χ2n) is 6.15. The molecule has 0 aliphatic heterocycles. The molecule has 9 heteroatoms.